The highest BCUT2D eigenvalue weighted by Crippen LogP contribution is 2.33. The van der Waals surface area contributed by atoms with E-state index < -0.39 is 0 Å². The Morgan fingerprint density at radius 3 is 2.67 bits per heavy atom. The molecule has 11 nitrogen and oxygen atoms in total. The number of fused-ring (bicyclic) bond motifs is 2. The molecule has 1 saturated heterocycles. The zero-order chi connectivity index (χ0) is 25.6. The molecule has 4 aromatic rings. The first-order valence-electron chi connectivity index (χ1n) is 12.5. The normalized spacial score (nSPS) is 19.7. The van der Waals surface area contributed by atoms with Gasteiger partial charge in [0, 0.05) is 50.5 Å². The maximum Gasteiger partial charge on any atom is 0.349 e. The van der Waals surface area contributed by atoms with Gasteiger partial charge in [0.2, 0.25) is 0 Å². The lowest BCUT2D eigenvalue weighted by molar-refractivity contribution is 0.0988. The van der Waals surface area contributed by atoms with Crippen molar-refractivity contribution in [2.45, 2.75) is 65.2 Å². The molecule has 0 N–H and O–H groups in total. The van der Waals surface area contributed by atoms with Crippen LogP contribution in [-0.2, 0) is 13.6 Å². The van der Waals surface area contributed by atoms with E-state index in [1.165, 1.54) is 4.57 Å². The number of nitrogens with zero attached hydrogens (tertiary/aromatic N) is 10. The van der Waals surface area contributed by atoms with Gasteiger partial charge in [0.25, 0.3) is 0 Å². The van der Waals surface area contributed by atoms with E-state index in [1.807, 2.05) is 23.7 Å². The lowest BCUT2D eigenvalue weighted by Crippen LogP contribution is -2.59. The number of nitriles is 1. The standard InChI is InChI=1S/C25H32N10O/c1-6-18-14-34(24-23-21(31(5)25(36)28-24)15-32(30-23)11-9-26)19(7-2)13-33(18)17(4)20-8-10-35-22(27-20)12-16(3)29-35/h8,10,12,15,17-19H,6-7,11,13-14H2,1-5H3/t17?,18-,19+/m1/s1. The summed E-state index contributed by atoms with van der Waals surface area (Å²) < 4.78 is 4.88. The van der Waals surface area contributed by atoms with E-state index in [-0.39, 0.29) is 30.4 Å². The summed E-state index contributed by atoms with van der Waals surface area (Å²) in [6.07, 6.45) is 5.57. The summed E-state index contributed by atoms with van der Waals surface area (Å²) in [5, 5.41) is 18.2. The molecule has 4 aromatic heterocycles. The van der Waals surface area contributed by atoms with Crippen LogP contribution in [0.25, 0.3) is 16.7 Å². The second kappa shape index (κ2) is 9.35. The minimum Gasteiger partial charge on any atom is -0.349 e. The van der Waals surface area contributed by atoms with Gasteiger partial charge in [0.15, 0.2) is 17.0 Å². The monoisotopic (exact) mass is 488 g/mol. The quantitative estimate of drug-likeness (QED) is 0.407. The zero-order valence-corrected chi connectivity index (χ0v) is 21.5. The van der Waals surface area contributed by atoms with Crippen molar-refractivity contribution in [2.24, 2.45) is 7.05 Å². The third-order valence-electron chi connectivity index (χ3n) is 7.38. The summed E-state index contributed by atoms with van der Waals surface area (Å²) in [7, 11) is 1.69. The Labute approximate surface area is 209 Å². The summed E-state index contributed by atoms with van der Waals surface area (Å²) in [5.74, 6) is 0.608. The maximum atomic E-state index is 12.8. The largest absolute Gasteiger partial charge is 0.349 e. The van der Waals surface area contributed by atoms with Gasteiger partial charge in [-0.2, -0.15) is 20.4 Å². The molecule has 11 heteroatoms. The Morgan fingerprint density at radius 1 is 1.17 bits per heavy atom. The van der Waals surface area contributed by atoms with Crippen molar-refractivity contribution in [1.82, 2.24) is 38.8 Å². The Bertz CT molecular complexity index is 1510. The van der Waals surface area contributed by atoms with Crippen molar-refractivity contribution >= 4 is 22.5 Å². The fraction of sp³-hybridized carbons (Fsp3) is 0.520. The molecule has 188 valence electrons. The van der Waals surface area contributed by atoms with E-state index in [4.69, 9.17) is 10.2 Å². The van der Waals surface area contributed by atoms with Gasteiger partial charge in [0.05, 0.1) is 29.2 Å². The molecule has 1 unspecified atom stereocenters. The number of hydrogen-bond donors (Lipinski definition) is 0. The van der Waals surface area contributed by atoms with Crippen molar-refractivity contribution in [3.8, 4) is 6.07 Å². The van der Waals surface area contributed by atoms with Crippen LogP contribution in [0.1, 0.15) is 51.0 Å². The van der Waals surface area contributed by atoms with Crippen LogP contribution in [0.5, 0.6) is 0 Å². The van der Waals surface area contributed by atoms with Crippen molar-refractivity contribution in [3.63, 3.8) is 0 Å². The lowest BCUT2D eigenvalue weighted by Gasteiger charge is -2.48. The number of aryl methyl sites for hydroxylation is 2. The predicted molar refractivity (Wildman–Crippen MR) is 137 cm³/mol. The van der Waals surface area contributed by atoms with Gasteiger partial charge in [-0.3, -0.25) is 14.1 Å². The lowest BCUT2D eigenvalue weighted by atomic mass is 9.99. The maximum absolute atomic E-state index is 12.8. The van der Waals surface area contributed by atoms with E-state index in [0.717, 1.165) is 43.0 Å². The van der Waals surface area contributed by atoms with Crippen molar-refractivity contribution in [1.29, 1.82) is 5.26 Å². The first-order valence-corrected chi connectivity index (χ1v) is 12.5. The highest BCUT2D eigenvalue weighted by molar-refractivity contribution is 5.85. The van der Waals surface area contributed by atoms with Crippen LogP contribution in [0.3, 0.4) is 0 Å². The van der Waals surface area contributed by atoms with E-state index >= 15 is 0 Å². The molecule has 0 saturated carbocycles. The zero-order valence-electron chi connectivity index (χ0n) is 21.5. The fourth-order valence-corrected chi connectivity index (χ4v) is 5.32. The van der Waals surface area contributed by atoms with E-state index in [0.29, 0.717) is 16.9 Å². The summed E-state index contributed by atoms with van der Waals surface area (Å²) in [5.41, 5.74) is 3.85. The van der Waals surface area contributed by atoms with Crippen LogP contribution < -0.4 is 10.6 Å². The molecular formula is C25H32N10O. The average Bonchev–Trinajstić information content (AvgIpc) is 3.47. The minimum absolute atomic E-state index is 0.121. The molecule has 0 aromatic carbocycles. The van der Waals surface area contributed by atoms with Crippen LogP contribution in [0.15, 0.2) is 29.3 Å². The molecule has 0 radical (unpaired) electrons. The first-order chi connectivity index (χ1) is 17.3. The van der Waals surface area contributed by atoms with Crippen LogP contribution in [0.4, 0.5) is 5.82 Å². The molecule has 3 atom stereocenters. The molecular weight excluding hydrogens is 456 g/mol. The highest BCUT2D eigenvalue weighted by Gasteiger charge is 2.37. The second-order valence-corrected chi connectivity index (χ2v) is 9.59. The number of aromatic nitrogens is 7. The molecule has 0 bridgehead atoms. The van der Waals surface area contributed by atoms with Gasteiger partial charge in [-0.1, -0.05) is 13.8 Å². The van der Waals surface area contributed by atoms with Gasteiger partial charge in [-0.25, -0.2) is 14.3 Å². The van der Waals surface area contributed by atoms with Gasteiger partial charge in [-0.15, -0.1) is 0 Å². The molecule has 5 rings (SSSR count). The molecule has 1 aliphatic heterocycles. The molecule has 0 amide bonds. The molecule has 0 spiro atoms. The van der Waals surface area contributed by atoms with Gasteiger partial charge < -0.3 is 4.90 Å². The van der Waals surface area contributed by atoms with Crippen LogP contribution in [0.2, 0.25) is 0 Å². The topological polar surface area (TPSA) is 113 Å². The third kappa shape index (κ3) is 4.01. The van der Waals surface area contributed by atoms with Crippen molar-refractivity contribution < 1.29 is 0 Å². The Balaban J connectivity index is 1.50. The summed E-state index contributed by atoms with van der Waals surface area (Å²) in [6, 6.07) is 6.69. The summed E-state index contributed by atoms with van der Waals surface area (Å²) in [6.45, 7) is 10.2. The van der Waals surface area contributed by atoms with Crippen LogP contribution >= 0.6 is 0 Å². The Hall–Kier alpha value is -3.78. The molecule has 1 aliphatic rings. The van der Waals surface area contributed by atoms with Gasteiger partial charge in [0.1, 0.15) is 6.54 Å². The second-order valence-electron chi connectivity index (χ2n) is 9.59. The highest BCUT2D eigenvalue weighted by atomic mass is 16.1. The predicted octanol–water partition coefficient (Wildman–Crippen LogP) is 2.45. The average molecular weight is 489 g/mol. The number of rotatable bonds is 6. The first kappa shape index (κ1) is 23.9. The number of hydrogen-bond acceptors (Lipinski definition) is 8. The Kier molecular flexibility index (Phi) is 6.22. The third-order valence-corrected chi connectivity index (χ3v) is 7.38. The van der Waals surface area contributed by atoms with E-state index in [9.17, 15) is 4.79 Å². The number of piperazine rings is 1. The molecule has 0 aliphatic carbocycles. The SMILES string of the molecule is CC[C@H]1CN(C(C)c2ccn3nc(C)cc3n2)[C@H](CC)CN1c1nc(=O)n(C)c2cn(CC#N)nc12. The summed E-state index contributed by atoms with van der Waals surface area (Å²) >= 11 is 0. The van der Waals surface area contributed by atoms with E-state index in [1.54, 1.807) is 17.9 Å². The van der Waals surface area contributed by atoms with Gasteiger partial charge >= 0.3 is 5.69 Å². The molecule has 5 heterocycles. The minimum atomic E-state index is -0.318. The van der Waals surface area contributed by atoms with E-state index in [2.05, 4.69) is 57.9 Å². The Morgan fingerprint density at radius 2 is 1.94 bits per heavy atom. The molecule has 36 heavy (non-hydrogen) atoms. The molecule has 1 fully saturated rings. The van der Waals surface area contributed by atoms with Crippen LogP contribution in [-0.4, -0.2) is 64.0 Å². The summed E-state index contributed by atoms with van der Waals surface area (Å²) in [4.78, 5) is 26.9. The fourth-order valence-electron chi connectivity index (χ4n) is 5.32. The number of anilines is 1. The van der Waals surface area contributed by atoms with Gasteiger partial charge in [-0.05, 0) is 32.8 Å². The van der Waals surface area contributed by atoms with Crippen molar-refractivity contribution in [3.05, 3.63) is 46.4 Å². The van der Waals surface area contributed by atoms with Crippen molar-refractivity contribution in [2.75, 3.05) is 18.0 Å². The smallest absolute Gasteiger partial charge is 0.349 e. The van der Waals surface area contributed by atoms with Crippen LogP contribution in [0, 0.1) is 18.3 Å².